The average molecular weight is 265 g/mol. The van der Waals surface area contributed by atoms with E-state index in [9.17, 15) is 0 Å². The Bertz CT molecular complexity index is 511. The third-order valence-corrected chi connectivity index (χ3v) is 3.29. The summed E-state index contributed by atoms with van der Waals surface area (Å²) in [6.07, 6.45) is 1.92. The molecule has 2 aromatic carbocycles. The van der Waals surface area contributed by atoms with Gasteiger partial charge in [0.25, 0.3) is 0 Å². The van der Waals surface area contributed by atoms with Crippen molar-refractivity contribution in [1.82, 2.24) is 0 Å². The summed E-state index contributed by atoms with van der Waals surface area (Å²) in [5.41, 5.74) is 14.3. The summed E-state index contributed by atoms with van der Waals surface area (Å²) in [5, 5.41) is 2.57. The van der Waals surface area contributed by atoms with Crippen LogP contribution >= 0.6 is 12.4 Å². The minimum Gasteiger partial charge on any atom is -0.330 e. The monoisotopic (exact) mass is 264 g/mol. The highest BCUT2D eigenvalue weighted by Gasteiger charge is 2.10. The van der Waals surface area contributed by atoms with Crippen LogP contribution in [-0.4, -0.2) is 6.54 Å². The number of benzene rings is 2. The van der Waals surface area contributed by atoms with Crippen LogP contribution < -0.4 is 11.5 Å². The largest absolute Gasteiger partial charge is 0.330 e. The Hall–Kier alpha value is -1.09. The van der Waals surface area contributed by atoms with Crippen molar-refractivity contribution in [1.29, 1.82) is 0 Å². The smallest absolute Gasteiger partial charge is 0.0301 e. The number of hydrogen-bond donors (Lipinski definition) is 2. The predicted molar refractivity (Wildman–Crippen MR) is 81.1 cm³/mol. The molecule has 0 radical (unpaired) electrons. The Kier molecular flexibility index (Phi) is 5.60. The van der Waals surface area contributed by atoms with E-state index >= 15 is 0 Å². The molecule has 18 heavy (non-hydrogen) atoms. The van der Waals surface area contributed by atoms with E-state index in [1.54, 1.807) is 0 Å². The molecule has 1 atom stereocenters. The summed E-state index contributed by atoms with van der Waals surface area (Å²) in [6, 6.07) is 12.8. The highest BCUT2D eigenvalue weighted by molar-refractivity contribution is 5.88. The molecule has 2 nitrogen and oxygen atoms in total. The zero-order valence-corrected chi connectivity index (χ0v) is 11.5. The highest BCUT2D eigenvalue weighted by Crippen LogP contribution is 2.27. The van der Waals surface area contributed by atoms with Crippen molar-refractivity contribution >= 4 is 23.2 Å². The first kappa shape index (κ1) is 15.0. The van der Waals surface area contributed by atoms with Gasteiger partial charge in [-0.15, -0.1) is 12.4 Å². The van der Waals surface area contributed by atoms with Crippen molar-refractivity contribution in [3.05, 3.63) is 47.5 Å². The second-order valence-corrected chi connectivity index (χ2v) is 4.55. The number of halogens is 1. The molecular formula is C15H21ClN2. The van der Waals surface area contributed by atoms with Crippen molar-refractivity contribution < 1.29 is 0 Å². The third kappa shape index (κ3) is 3.02. The third-order valence-electron chi connectivity index (χ3n) is 3.29. The Morgan fingerprint density at radius 2 is 1.72 bits per heavy atom. The summed E-state index contributed by atoms with van der Waals surface area (Å²) in [5.74, 6) is 0. The van der Waals surface area contributed by atoms with E-state index in [0.29, 0.717) is 6.54 Å². The first-order valence-corrected chi connectivity index (χ1v) is 6.18. The van der Waals surface area contributed by atoms with Crippen molar-refractivity contribution in [2.75, 3.05) is 6.54 Å². The van der Waals surface area contributed by atoms with Crippen LogP contribution in [0, 0.1) is 6.92 Å². The van der Waals surface area contributed by atoms with E-state index < -0.39 is 0 Å². The molecule has 0 heterocycles. The molecule has 2 rings (SSSR count). The summed E-state index contributed by atoms with van der Waals surface area (Å²) in [7, 11) is 0. The highest BCUT2D eigenvalue weighted by atomic mass is 35.5. The van der Waals surface area contributed by atoms with Gasteiger partial charge in [0.2, 0.25) is 0 Å². The predicted octanol–water partition coefficient (Wildman–Crippen LogP) is 3.31. The van der Waals surface area contributed by atoms with Gasteiger partial charge in [0.15, 0.2) is 0 Å². The lowest BCUT2D eigenvalue weighted by molar-refractivity contribution is 0.621. The lowest BCUT2D eigenvalue weighted by Gasteiger charge is -2.15. The average Bonchev–Trinajstić information content (AvgIpc) is 2.37. The number of nitrogens with two attached hydrogens (primary N) is 2. The first-order valence-electron chi connectivity index (χ1n) is 6.18. The maximum absolute atomic E-state index is 6.24. The van der Waals surface area contributed by atoms with E-state index in [1.165, 1.54) is 21.9 Å². The lowest BCUT2D eigenvalue weighted by atomic mass is 9.94. The molecule has 4 N–H and O–H groups in total. The molecule has 0 spiro atoms. The normalized spacial score (nSPS) is 12.2. The van der Waals surface area contributed by atoms with E-state index in [2.05, 4.69) is 43.3 Å². The Labute approximate surface area is 115 Å². The van der Waals surface area contributed by atoms with Gasteiger partial charge in [-0.05, 0) is 48.2 Å². The van der Waals surface area contributed by atoms with Crippen LogP contribution in [0.15, 0.2) is 36.4 Å². The molecule has 0 unspecified atom stereocenters. The van der Waals surface area contributed by atoms with Gasteiger partial charge in [-0.1, -0.05) is 36.4 Å². The molecule has 0 aromatic heterocycles. The van der Waals surface area contributed by atoms with Gasteiger partial charge in [0, 0.05) is 6.04 Å². The minimum absolute atomic E-state index is 0. The second-order valence-electron chi connectivity index (χ2n) is 4.55. The molecule has 0 fully saturated rings. The van der Waals surface area contributed by atoms with Gasteiger partial charge in [-0.2, -0.15) is 0 Å². The summed E-state index contributed by atoms with van der Waals surface area (Å²) < 4.78 is 0. The van der Waals surface area contributed by atoms with Gasteiger partial charge in [0.05, 0.1) is 0 Å². The minimum atomic E-state index is 0. The molecule has 98 valence electrons. The van der Waals surface area contributed by atoms with Crippen LogP contribution in [0.1, 0.15) is 30.0 Å². The van der Waals surface area contributed by atoms with Gasteiger partial charge in [-0.25, -0.2) is 0 Å². The van der Waals surface area contributed by atoms with E-state index in [0.717, 1.165) is 12.8 Å². The second kappa shape index (κ2) is 6.74. The van der Waals surface area contributed by atoms with Crippen LogP contribution in [0.4, 0.5) is 0 Å². The van der Waals surface area contributed by atoms with Crippen molar-refractivity contribution in [3.63, 3.8) is 0 Å². The maximum atomic E-state index is 6.24. The standard InChI is InChI=1S/C15H20N2.ClH/c1-11-8-9-14(15(17)7-4-10-16)13-6-3-2-5-12(11)13;/h2-3,5-6,8-9,15H,4,7,10,16-17H2,1H3;1H/t15-;/m1./s1. The van der Waals surface area contributed by atoms with E-state index in [1.807, 2.05) is 0 Å². The molecule has 0 amide bonds. The van der Waals surface area contributed by atoms with Crippen LogP contribution in [0.2, 0.25) is 0 Å². The van der Waals surface area contributed by atoms with Gasteiger partial charge in [0.1, 0.15) is 0 Å². The Morgan fingerprint density at radius 1 is 1.06 bits per heavy atom. The number of aryl methyl sites for hydroxylation is 1. The zero-order chi connectivity index (χ0) is 12.3. The Morgan fingerprint density at radius 3 is 2.39 bits per heavy atom. The summed E-state index contributed by atoms with van der Waals surface area (Å²) in [4.78, 5) is 0. The molecule has 0 aliphatic heterocycles. The van der Waals surface area contributed by atoms with E-state index in [-0.39, 0.29) is 18.4 Å². The molecule has 0 saturated heterocycles. The van der Waals surface area contributed by atoms with Crippen molar-refractivity contribution in [2.24, 2.45) is 11.5 Å². The number of fused-ring (bicyclic) bond motifs is 1. The van der Waals surface area contributed by atoms with Crippen LogP contribution in [0.25, 0.3) is 10.8 Å². The SMILES string of the molecule is Cc1ccc([C@H](N)CCCN)c2ccccc12.Cl. The summed E-state index contributed by atoms with van der Waals surface area (Å²) >= 11 is 0. The molecule has 0 aliphatic carbocycles. The van der Waals surface area contributed by atoms with Gasteiger partial charge >= 0.3 is 0 Å². The first-order chi connectivity index (χ1) is 8.24. The van der Waals surface area contributed by atoms with Crippen LogP contribution in [0.3, 0.4) is 0 Å². The number of rotatable bonds is 4. The van der Waals surface area contributed by atoms with Crippen LogP contribution in [-0.2, 0) is 0 Å². The molecule has 2 aromatic rings. The number of hydrogen-bond acceptors (Lipinski definition) is 2. The van der Waals surface area contributed by atoms with Crippen molar-refractivity contribution in [3.8, 4) is 0 Å². The quantitative estimate of drug-likeness (QED) is 0.890. The zero-order valence-electron chi connectivity index (χ0n) is 10.7. The van der Waals surface area contributed by atoms with Gasteiger partial charge < -0.3 is 11.5 Å². The van der Waals surface area contributed by atoms with Crippen LogP contribution in [0.5, 0.6) is 0 Å². The topological polar surface area (TPSA) is 52.0 Å². The molecule has 3 heteroatoms. The molecular weight excluding hydrogens is 244 g/mol. The lowest BCUT2D eigenvalue weighted by Crippen LogP contribution is -2.13. The Balaban J connectivity index is 0.00000162. The fourth-order valence-corrected chi connectivity index (χ4v) is 2.29. The fraction of sp³-hybridized carbons (Fsp3) is 0.333. The molecule has 0 saturated carbocycles. The summed E-state index contributed by atoms with van der Waals surface area (Å²) in [6.45, 7) is 2.84. The van der Waals surface area contributed by atoms with E-state index in [4.69, 9.17) is 11.5 Å². The van der Waals surface area contributed by atoms with Gasteiger partial charge in [-0.3, -0.25) is 0 Å². The molecule has 0 aliphatic rings. The fourth-order valence-electron chi connectivity index (χ4n) is 2.29. The van der Waals surface area contributed by atoms with Crippen molar-refractivity contribution in [2.45, 2.75) is 25.8 Å². The maximum Gasteiger partial charge on any atom is 0.0301 e. The molecule has 0 bridgehead atoms.